The minimum atomic E-state index is -0.518. The number of hydrogen-bond donors (Lipinski definition) is 1. The predicted molar refractivity (Wildman–Crippen MR) is 46.7 cm³/mol. The van der Waals surface area contributed by atoms with Gasteiger partial charge in [0, 0.05) is 0 Å². The van der Waals surface area contributed by atoms with E-state index in [2.05, 4.69) is 11.4 Å². The lowest BCUT2D eigenvalue weighted by Gasteiger charge is -2.29. The van der Waals surface area contributed by atoms with Crippen molar-refractivity contribution in [2.24, 2.45) is 0 Å². The summed E-state index contributed by atoms with van der Waals surface area (Å²) in [5.74, 6) is 0. The van der Waals surface area contributed by atoms with E-state index in [1.165, 1.54) is 6.42 Å². The van der Waals surface area contributed by atoms with Crippen LogP contribution in [0.3, 0.4) is 0 Å². The Bertz CT molecular complexity index is 183. The van der Waals surface area contributed by atoms with E-state index in [0.29, 0.717) is 12.7 Å². The van der Waals surface area contributed by atoms with Crippen LogP contribution in [0.15, 0.2) is 0 Å². The van der Waals surface area contributed by atoms with Gasteiger partial charge in [-0.25, -0.2) is 0 Å². The monoisotopic (exact) mass is 168 g/mol. The molecule has 0 bridgehead atoms. The van der Waals surface area contributed by atoms with Gasteiger partial charge in [0.2, 0.25) is 0 Å². The van der Waals surface area contributed by atoms with Crippen LogP contribution >= 0.6 is 0 Å². The molecule has 0 saturated heterocycles. The van der Waals surface area contributed by atoms with E-state index in [9.17, 15) is 0 Å². The predicted octanol–water partition coefficient (Wildman–Crippen LogP) is 1.06. The van der Waals surface area contributed by atoms with Gasteiger partial charge in [-0.2, -0.15) is 5.26 Å². The van der Waals surface area contributed by atoms with Gasteiger partial charge >= 0.3 is 0 Å². The highest BCUT2D eigenvalue weighted by atomic mass is 16.5. The molecule has 1 N–H and O–H groups in total. The first-order valence-electron chi connectivity index (χ1n) is 4.42. The molecule has 1 aliphatic rings. The lowest BCUT2D eigenvalue weighted by atomic mass is 9.96. The van der Waals surface area contributed by atoms with Gasteiger partial charge in [0.05, 0.1) is 18.8 Å². The minimum absolute atomic E-state index is 0.408. The van der Waals surface area contributed by atoms with Crippen molar-refractivity contribution in [3.05, 3.63) is 0 Å². The third-order valence-electron chi connectivity index (χ3n) is 2.46. The fourth-order valence-corrected chi connectivity index (χ4v) is 0.982. The minimum Gasteiger partial charge on any atom is -0.375 e. The Morgan fingerprint density at radius 1 is 1.67 bits per heavy atom. The Balaban J connectivity index is 2.23. The average Bonchev–Trinajstić information content (AvgIpc) is 2.01. The van der Waals surface area contributed by atoms with Gasteiger partial charge in [-0.3, -0.25) is 0 Å². The fourth-order valence-electron chi connectivity index (χ4n) is 0.982. The largest absolute Gasteiger partial charge is 0.375 e. The van der Waals surface area contributed by atoms with Crippen LogP contribution in [0.1, 0.15) is 26.2 Å². The zero-order valence-electron chi connectivity index (χ0n) is 7.76. The number of ether oxygens (including phenoxy) is 1. The van der Waals surface area contributed by atoms with Crippen LogP contribution in [0.5, 0.6) is 0 Å². The fraction of sp³-hybridized carbons (Fsp3) is 0.889. The molecule has 12 heavy (non-hydrogen) atoms. The summed E-state index contributed by atoms with van der Waals surface area (Å²) in [6, 6.07) is 2.20. The van der Waals surface area contributed by atoms with Crippen molar-refractivity contribution in [2.75, 3.05) is 13.7 Å². The van der Waals surface area contributed by atoms with Gasteiger partial charge in [-0.15, -0.1) is 0 Å². The highest BCUT2D eigenvalue weighted by molar-refractivity contribution is 5.03. The summed E-state index contributed by atoms with van der Waals surface area (Å²) >= 11 is 0. The first kappa shape index (κ1) is 9.50. The van der Waals surface area contributed by atoms with E-state index in [1.807, 2.05) is 6.92 Å². The summed E-state index contributed by atoms with van der Waals surface area (Å²) in [6.07, 6.45) is 4.00. The molecule has 1 fully saturated rings. The number of nitrogens with zero attached hydrogens (tertiary/aromatic N) is 1. The standard InChI is InChI=1S/C9H16N2O/c1-9(6-10,11-2)7-12-8-4-3-5-8/h8,11H,3-5,7H2,1-2H3. The average molecular weight is 168 g/mol. The van der Waals surface area contributed by atoms with Crippen LogP contribution in [-0.2, 0) is 4.74 Å². The maximum absolute atomic E-state index is 8.80. The van der Waals surface area contributed by atoms with Crippen molar-refractivity contribution in [1.29, 1.82) is 5.26 Å². The molecular formula is C9H16N2O. The summed E-state index contributed by atoms with van der Waals surface area (Å²) in [5, 5.41) is 11.7. The Hall–Kier alpha value is -0.590. The molecule has 0 spiro atoms. The van der Waals surface area contributed by atoms with Gasteiger partial charge in [0.1, 0.15) is 5.54 Å². The van der Waals surface area contributed by atoms with Gasteiger partial charge in [-0.05, 0) is 33.2 Å². The molecule has 1 rings (SSSR count). The lowest BCUT2D eigenvalue weighted by molar-refractivity contribution is -0.0156. The van der Waals surface area contributed by atoms with Crippen molar-refractivity contribution < 1.29 is 4.74 Å². The smallest absolute Gasteiger partial charge is 0.127 e. The molecule has 1 unspecified atom stereocenters. The summed E-state index contributed by atoms with van der Waals surface area (Å²) in [7, 11) is 1.79. The SMILES string of the molecule is CNC(C)(C#N)COC1CCC1. The van der Waals surface area contributed by atoms with Crippen molar-refractivity contribution in [1.82, 2.24) is 5.32 Å². The second-order valence-corrected chi connectivity index (χ2v) is 3.56. The molecule has 1 aliphatic carbocycles. The number of likely N-dealkylation sites (N-methyl/N-ethyl adjacent to an activating group) is 1. The molecule has 0 aromatic heterocycles. The van der Waals surface area contributed by atoms with E-state index in [0.717, 1.165) is 12.8 Å². The van der Waals surface area contributed by atoms with Crippen LogP contribution in [0.2, 0.25) is 0 Å². The highest BCUT2D eigenvalue weighted by Gasteiger charge is 2.25. The Morgan fingerprint density at radius 3 is 2.67 bits per heavy atom. The molecule has 0 amide bonds. The van der Waals surface area contributed by atoms with Gasteiger partial charge in [-0.1, -0.05) is 0 Å². The van der Waals surface area contributed by atoms with Gasteiger partial charge in [0.15, 0.2) is 0 Å². The molecular weight excluding hydrogens is 152 g/mol. The van der Waals surface area contributed by atoms with Gasteiger partial charge < -0.3 is 10.1 Å². The maximum atomic E-state index is 8.80. The molecule has 0 aromatic rings. The molecule has 3 heteroatoms. The Morgan fingerprint density at radius 2 is 2.33 bits per heavy atom. The zero-order chi connectivity index (χ0) is 9.03. The third kappa shape index (κ3) is 2.20. The summed E-state index contributed by atoms with van der Waals surface area (Å²) in [4.78, 5) is 0. The van der Waals surface area contributed by atoms with Crippen LogP contribution in [-0.4, -0.2) is 25.3 Å². The zero-order valence-corrected chi connectivity index (χ0v) is 7.76. The second-order valence-electron chi connectivity index (χ2n) is 3.56. The van der Waals surface area contributed by atoms with Crippen LogP contribution in [0.4, 0.5) is 0 Å². The molecule has 1 saturated carbocycles. The summed E-state index contributed by atoms with van der Waals surface area (Å²) in [5.41, 5.74) is -0.518. The van der Waals surface area contributed by atoms with Crippen LogP contribution in [0, 0.1) is 11.3 Å². The first-order chi connectivity index (χ1) is 5.70. The Labute approximate surface area is 73.7 Å². The number of nitriles is 1. The topological polar surface area (TPSA) is 45.0 Å². The molecule has 0 heterocycles. The van der Waals surface area contributed by atoms with E-state index < -0.39 is 5.54 Å². The number of hydrogen-bond acceptors (Lipinski definition) is 3. The van der Waals surface area contributed by atoms with Crippen LogP contribution < -0.4 is 5.32 Å². The molecule has 1 atom stereocenters. The van der Waals surface area contributed by atoms with Gasteiger partial charge in [0.25, 0.3) is 0 Å². The molecule has 0 aliphatic heterocycles. The van der Waals surface area contributed by atoms with E-state index in [4.69, 9.17) is 10.00 Å². The lowest BCUT2D eigenvalue weighted by Crippen LogP contribution is -2.44. The molecule has 3 nitrogen and oxygen atoms in total. The van der Waals surface area contributed by atoms with E-state index in [-0.39, 0.29) is 0 Å². The first-order valence-corrected chi connectivity index (χ1v) is 4.42. The molecule has 68 valence electrons. The normalized spacial score (nSPS) is 22.4. The quantitative estimate of drug-likeness (QED) is 0.682. The number of nitrogens with one attached hydrogen (secondary N) is 1. The van der Waals surface area contributed by atoms with E-state index in [1.54, 1.807) is 7.05 Å². The summed E-state index contributed by atoms with van der Waals surface area (Å²) in [6.45, 7) is 2.34. The highest BCUT2D eigenvalue weighted by Crippen LogP contribution is 2.22. The van der Waals surface area contributed by atoms with Crippen molar-refractivity contribution in [3.63, 3.8) is 0 Å². The summed E-state index contributed by atoms with van der Waals surface area (Å²) < 4.78 is 5.54. The molecule has 0 radical (unpaired) electrons. The van der Waals surface area contributed by atoms with Crippen LogP contribution in [0.25, 0.3) is 0 Å². The Kier molecular flexibility index (Phi) is 3.07. The van der Waals surface area contributed by atoms with E-state index >= 15 is 0 Å². The van der Waals surface area contributed by atoms with Crippen molar-refractivity contribution in [2.45, 2.75) is 37.8 Å². The van der Waals surface area contributed by atoms with Crippen molar-refractivity contribution in [3.8, 4) is 6.07 Å². The number of rotatable bonds is 4. The maximum Gasteiger partial charge on any atom is 0.127 e. The third-order valence-corrected chi connectivity index (χ3v) is 2.46. The molecule has 0 aromatic carbocycles. The second kappa shape index (κ2) is 3.88. The van der Waals surface area contributed by atoms with Crippen molar-refractivity contribution >= 4 is 0 Å².